The maximum atomic E-state index is 13.0. The Hall–Kier alpha value is -3.39. The molecule has 1 N–H and O–H groups in total. The Bertz CT molecular complexity index is 1290. The predicted molar refractivity (Wildman–Crippen MR) is 121 cm³/mol. The van der Waals surface area contributed by atoms with Crippen molar-refractivity contribution in [3.8, 4) is 5.69 Å². The molecule has 0 saturated heterocycles. The molecule has 0 aliphatic carbocycles. The zero-order valence-corrected chi connectivity index (χ0v) is 19.5. The molecule has 9 heteroatoms. The number of para-hydroxylation sites is 1. The molecule has 1 amide bonds. The Morgan fingerprint density at radius 1 is 1.00 bits per heavy atom. The van der Waals surface area contributed by atoms with Crippen LogP contribution in [0, 0.1) is 34.6 Å². The summed E-state index contributed by atoms with van der Waals surface area (Å²) < 4.78 is 8.97. The molecule has 1 aromatic carbocycles. The summed E-state index contributed by atoms with van der Waals surface area (Å²) in [4.78, 5) is 13.0. The third-order valence-corrected chi connectivity index (χ3v) is 6.22. The summed E-state index contributed by atoms with van der Waals surface area (Å²) in [6.45, 7) is 10.1. The van der Waals surface area contributed by atoms with E-state index >= 15 is 0 Å². The van der Waals surface area contributed by atoms with Gasteiger partial charge in [0, 0.05) is 23.4 Å². The van der Waals surface area contributed by atoms with Crippen LogP contribution in [0.1, 0.15) is 50.2 Å². The fourth-order valence-electron chi connectivity index (χ4n) is 3.74. The molecule has 0 bridgehead atoms. The van der Waals surface area contributed by atoms with Crippen LogP contribution < -0.4 is 5.32 Å². The van der Waals surface area contributed by atoms with Gasteiger partial charge in [0.1, 0.15) is 5.76 Å². The lowest BCUT2D eigenvalue weighted by atomic mass is 10.1. The van der Waals surface area contributed by atoms with Gasteiger partial charge in [-0.2, -0.15) is 10.2 Å². The van der Waals surface area contributed by atoms with Gasteiger partial charge in [0.2, 0.25) is 0 Å². The van der Waals surface area contributed by atoms with E-state index in [1.807, 2.05) is 62.7 Å². The molecule has 3 aromatic heterocycles. The van der Waals surface area contributed by atoms with Gasteiger partial charge in [0.05, 0.1) is 34.3 Å². The highest BCUT2D eigenvalue weighted by atomic mass is 35.5. The second-order valence-corrected chi connectivity index (χ2v) is 8.17. The molecule has 166 valence electrons. The minimum Gasteiger partial charge on any atom is -0.361 e. The summed E-state index contributed by atoms with van der Waals surface area (Å²) in [7, 11) is 0. The third kappa shape index (κ3) is 3.93. The number of benzene rings is 1. The summed E-state index contributed by atoms with van der Waals surface area (Å²) >= 11 is 6.26. The van der Waals surface area contributed by atoms with Crippen LogP contribution in [0.15, 0.2) is 34.9 Å². The number of rotatable bonds is 6. The van der Waals surface area contributed by atoms with Crippen LogP contribution in [0.4, 0.5) is 0 Å². The quantitative estimate of drug-likeness (QED) is 0.472. The van der Waals surface area contributed by atoms with Crippen LogP contribution in [0.25, 0.3) is 5.69 Å². The van der Waals surface area contributed by atoms with E-state index < -0.39 is 0 Å². The Balaban J connectivity index is 1.54. The van der Waals surface area contributed by atoms with E-state index in [-0.39, 0.29) is 11.6 Å². The van der Waals surface area contributed by atoms with E-state index in [4.69, 9.17) is 16.1 Å². The number of carbonyl (C=O) groups excluding carboxylic acids is 1. The first kappa shape index (κ1) is 21.8. The number of halogens is 1. The monoisotopic (exact) mass is 452 g/mol. The van der Waals surface area contributed by atoms with Crippen molar-refractivity contribution in [1.29, 1.82) is 0 Å². The van der Waals surface area contributed by atoms with E-state index in [1.165, 1.54) is 0 Å². The van der Waals surface area contributed by atoms with Crippen molar-refractivity contribution in [2.24, 2.45) is 0 Å². The predicted octanol–water partition coefficient (Wildman–Crippen LogP) is 4.23. The largest absolute Gasteiger partial charge is 0.361 e. The van der Waals surface area contributed by atoms with Crippen LogP contribution in [-0.4, -0.2) is 30.6 Å². The first-order valence-corrected chi connectivity index (χ1v) is 10.7. The van der Waals surface area contributed by atoms with Gasteiger partial charge in [-0.3, -0.25) is 9.48 Å². The van der Waals surface area contributed by atoms with Crippen LogP contribution in [0.2, 0.25) is 5.02 Å². The topological polar surface area (TPSA) is 90.8 Å². The number of nitrogens with one attached hydrogen (secondary N) is 1. The molecule has 0 fully saturated rings. The molecule has 0 aliphatic heterocycles. The normalized spacial score (nSPS) is 11.2. The molecule has 0 saturated carbocycles. The first-order valence-electron chi connectivity index (χ1n) is 10.3. The molecule has 0 spiro atoms. The summed E-state index contributed by atoms with van der Waals surface area (Å²) in [5.74, 6) is 0.263. The Kier molecular flexibility index (Phi) is 5.88. The standard InChI is InChI=1S/C23H25ClN6O2/c1-13-19(15(3)30(27-13)18-9-7-6-8-10-18)11-25-23(31)22-20(17(5)32-28-22)12-29-16(4)21(24)14(2)26-29/h6-10H,11-12H2,1-5H3,(H,25,31). The van der Waals surface area contributed by atoms with Crippen LogP contribution >= 0.6 is 11.6 Å². The minimum atomic E-state index is -0.310. The van der Waals surface area contributed by atoms with E-state index in [0.29, 0.717) is 29.4 Å². The van der Waals surface area contributed by atoms with Crippen molar-refractivity contribution in [2.75, 3.05) is 0 Å². The lowest BCUT2D eigenvalue weighted by Gasteiger charge is -2.08. The number of amides is 1. The van der Waals surface area contributed by atoms with Gasteiger partial charge in [-0.25, -0.2) is 4.68 Å². The third-order valence-electron chi connectivity index (χ3n) is 5.67. The van der Waals surface area contributed by atoms with Gasteiger partial charge in [0.25, 0.3) is 5.91 Å². The van der Waals surface area contributed by atoms with Crippen molar-refractivity contribution in [3.63, 3.8) is 0 Å². The van der Waals surface area contributed by atoms with Crippen molar-refractivity contribution >= 4 is 17.5 Å². The van der Waals surface area contributed by atoms with Crippen molar-refractivity contribution in [1.82, 2.24) is 30.0 Å². The van der Waals surface area contributed by atoms with Crippen molar-refractivity contribution in [3.05, 3.63) is 80.7 Å². The molecule has 3 heterocycles. The molecule has 0 aliphatic rings. The summed E-state index contributed by atoms with van der Waals surface area (Å²) in [6, 6.07) is 9.90. The second kappa shape index (κ2) is 8.63. The molecule has 0 radical (unpaired) electrons. The van der Waals surface area contributed by atoms with Gasteiger partial charge < -0.3 is 9.84 Å². The van der Waals surface area contributed by atoms with Gasteiger partial charge in [0.15, 0.2) is 5.69 Å². The fourth-order valence-corrected chi connectivity index (χ4v) is 3.87. The molecule has 4 rings (SSSR count). The zero-order valence-electron chi connectivity index (χ0n) is 18.7. The molecule has 0 atom stereocenters. The molecule has 0 unspecified atom stereocenters. The van der Waals surface area contributed by atoms with Crippen molar-refractivity contribution in [2.45, 2.75) is 47.7 Å². The Labute approximate surface area is 191 Å². The molecule has 32 heavy (non-hydrogen) atoms. The maximum Gasteiger partial charge on any atom is 0.274 e. The SMILES string of the molecule is Cc1nn(Cc2c(C(=O)NCc3c(C)nn(-c4ccccc4)c3C)noc2C)c(C)c1Cl. The molecular weight excluding hydrogens is 428 g/mol. The van der Waals surface area contributed by atoms with E-state index in [9.17, 15) is 4.79 Å². The smallest absolute Gasteiger partial charge is 0.274 e. The lowest BCUT2D eigenvalue weighted by Crippen LogP contribution is -2.25. The van der Waals surface area contributed by atoms with Crippen molar-refractivity contribution < 1.29 is 9.32 Å². The van der Waals surface area contributed by atoms with Crippen LogP contribution in [0.3, 0.4) is 0 Å². The summed E-state index contributed by atoms with van der Waals surface area (Å²) in [6.07, 6.45) is 0. The highest BCUT2D eigenvalue weighted by Crippen LogP contribution is 2.23. The number of nitrogens with zero attached hydrogens (tertiary/aromatic N) is 5. The minimum absolute atomic E-state index is 0.247. The van der Waals surface area contributed by atoms with Crippen LogP contribution in [0.5, 0.6) is 0 Å². The Morgan fingerprint density at radius 2 is 1.72 bits per heavy atom. The Morgan fingerprint density at radius 3 is 2.38 bits per heavy atom. The summed E-state index contributed by atoms with van der Waals surface area (Å²) in [5, 5.41) is 16.7. The summed E-state index contributed by atoms with van der Waals surface area (Å²) in [5.41, 5.74) is 6.28. The van der Waals surface area contributed by atoms with Gasteiger partial charge >= 0.3 is 0 Å². The van der Waals surface area contributed by atoms with E-state index in [2.05, 4.69) is 20.7 Å². The highest BCUT2D eigenvalue weighted by Gasteiger charge is 2.23. The first-order chi connectivity index (χ1) is 15.3. The number of hydrogen-bond donors (Lipinski definition) is 1. The van der Waals surface area contributed by atoms with E-state index in [1.54, 1.807) is 11.6 Å². The second-order valence-electron chi connectivity index (χ2n) is 7.79. The molecule has 8 nitrogen and oxygen atoms in total. The molecular formula is C23H25ClN6O2. The number of aryl methyl sites for hydroxylation is 3. The number of aromatic nitrogens is 5. The van der Waals surface area contributed by atoms with Gasteiger partial charge in [-0.15, -0.1) is 0 Å². The molecule has 4 aromatic rings. The van der Waals surface area contributed by atoms with Gasteiger partial charge in [-0.05, 0) is 46.8 Å². The number of carbonyl (C=O) groups is 1. The highest BCUT2D eigenvalue weighted by molar-refractivity contribution is 6.31. The average molecular weight is 453 g/mol. The maximum absolute atomic E-state index is 13.0. The number of hydrogen-bond acceptors (Lipinski definition) is 5. The van der Waals surface area contributed by atoms with Gasteiger partial charge in [-0.1, -0.05) is 35.0 Å². The zero-order chi connectivity index (χ0) is 23.0. The fraction of sp³-hybridized carbons (Fsp3) is 0.304. The van der Waals surface area contributed by atoms with Crippen LogP contribution in [-0.2, 0) is 13.1 Å². The average Bonchev–Trinajstić information content (AvgIpc) is 3.37. The van der Waals surface area contributed by atoms with E-state index in [0.717, 1.165) is 34.0 Å². The lowest BCUT2D eigenvalue weighted by molar-refractivity contribution is 0.0941.